The average Bonchev–Trinajstić information content (AvgIpc) is 3.09. The quantitative estimate of drug-likeness (QED) is 0.526. The normalized spacial score (nSPS) is 10.9. The van der Waals surface area contributed by atoms with E-state index in [1.807, 2.05) is 24.3 Å². The minimum atomic E-state index is -0.482. The van der Waals surface area contributed by atoms with Crippen LogP contribution in [-0.4, -0.2) is 20.1 Å². The highest BCUT2D eigenvalue weighted by molar-refractivity contribution is 5.94. The molecule has 0 atom stereocenters. The summed E-state index contributed by atoms with van der Waals surface area (Å²) in [6.07, 6.45) is 3.50. The van der Waals surface area contributed by atoms with Crippen molar-refractivity contribution >= 4 is 16.9 Å². The van der Waals surface area contributed by atoms with Crippen molar-refractivity contribution < 1.29 is 9.50 Å². The summed E-state index contributed by atoms with van der Waals surface area (Å²) in [4.78, 5) is 11.8. The SMILES string of the molecule is Oc1ccc(-c2cc(NCc3ccccn3)nc3[nH]ccc23)c(F)c1. The van der Waals surface area contributed by atoms with E-state index in [0.29, 0.717) is 29.1 Å². The number of fused-ring (bicyclic) bond motifs is 1. The minimum Gasteiger partial charge on any atom is -0.508 e. The van der Waals surface area contributed by atoms with Gasteiger partial charge in [0.15, 0.2) is 0 Å². The van der Waals surface area contributed by atoms with E-state index in [9.17, 15) is 9.50 Å². The molecule has 1 aromatic carbocycles. The minimum absolute atomic E-state index is 0.103. The fraction of sp³-hybridized carbons (Fsp3) is 0.0526. The second-order valence-corrected chi connectivity index (χ2v) is 5.63. The Balaban J connectivity index is 1.74. The number of aromatic nitrogens is 3. The topological polar surface area (TPSA) is 73.8 Å². The molecule has 3 N–H and O–H groups in total. The summed E-state index contributed by atoms with van der Waals surface area (Å²) < 4.78 is 14.3. The third-order valence-electron chi connectivity index (χ3n) is 3.95. The number of phenolic OH excluding ortho intramolecular Hbond substituents is 1. The predicted octanol–water partition coefficient (Wildman–Crippen LogP) is 4.08. The lowest BCUT2D eigenvalue weighted by molar-refractivity contribution is 0.469. The van der Waals surface area contributed by atoms with Crippen LogP contribution >= 0.6 is 0 Å². The summed E-state index contributed by atoms with van der Waals surface area (Å²) in [7, 11) is 0. The van der Waals surface area contributed by atoms with Crippen LogP contribution in [0.15, 0.2) is 60.9 Å². The van der Waals surface area contributed by atoms with Gasteiger partial charge in [-0.25, -0.2) is 9.37 Å². The van der Waals surface area contributed by atoms with Crippen molar-refractivity contribution in [2.75, 3.05) is 5.32 Å². The van der Waals surface area contributed by atoms with Gasteiger partial charge in [0, 0.05) is 29.4 Å². The number of nitrogens with zero attached hydrogens (tertiary/aromatic N) is 2. The van der Waals surface area contributed by atoms with Crippen LogP contribution in [0.25, 0.3) is 22.2 Å². The summed E-state index contributed by atoms with van der Waals surface area (Å²) in [5.74, 6) is 0.0292. The predicted molar refractivity (Wildman–Crippen MR) is 94.7 cm³/mol. The number of aromatic amines is 1. The van der Waals surface area contributed by atoms with Crippen molar-refractivity contribution in [3.63, 3.8) is 0 Å². The van der Waals surface area contributed by atoms with Gasteiger partial charge in [-0.05, 0) is 42.0 Å². The summed E-state index contributed by atoms with van der Waals surface area (Å²) in [6.45, 7) is 0.511. The molecule has 0 saturated heterocycles. The number of hydrogen-bond acceptors (Lipinski definition) is 4. The van der Waals surface area contributed by atoms with E-state index in [1.54, 1.807) is 24.5 Å². The number of pyridine rings is 2. The molecule has 5 nitrogen and oxygen atoms in total. The summed E-state index contributed by atoms with van der Waals surface area (Å²) >= 11 is 0. The Morgan fingerprint density at radius 2 is 2.00 bits per heavy atom. The molecule has 0 radical (unpaired) electrons. The first-order valence-corrected chi connectivity index (χ1v) is 7.81. The first kappa shape index (κ1) is 15.1. The monoisotopic (exact) mass is 334 g/mol. The number of anilines is 1. The first-order valence-electron chi connectivity index (χ1n) is 7.81. The molecule has 0 unspecified atom stereocenters. The molecule has 3 aromatic heterocycles. The molecule has 0 saturated carbocycles. The molecular formula is C19H15FN4O. The van der Waals surface area contributed by atoms with Crippen molar-refractivity contribution in [2.24, 2.45) is 0 Å². The van der Waals surface area contributed by atoms with Crippen molar-refractivity contribution in [3.05, 3.63) is 72.4 Å². The number of aromatic hydroxyl groups is 1. The highest BCUT2D eigenvalue weighted by Gasteiger charge is 2.13. The molecule has 4 aromatic rings. The zero-order valence-electron chi connectivity index (χ0n) is 13.2. The van der Waals surface area contributed by atoms with E-state index >= 15 is 0 Å². The highest BCUT2D eigenvalue weighted by atomic mass is 19.1. The number of nitrogens with one attached hydrogen (secondary N) is 2. The van der Waals surface area contributed by atoms with Crippen LogP contribution < -0.4 is 5.32 Å². The highest BCUT2D eigenvalue weighted by Crippen LogP contribution is 2.33. The Morgan fingerprint density at radius 3 is 2.80 bits per heavy atom. The third kappa shape index (κ3) is 3.01. The molecule has 0 aliphatic carbocycles. The van der Waals surface area contributed by atoms with Gasteiger partial charge < -0.3 is 15.4 Å². The van der Waals surface area contributed by atoms with Gasteiger partial charge in [0.1, 0.15) is 23.0 Å². The fourth-order valence-electron chi connectivity index (χ4n) is 2.76. The van der Waals surface area contributed by atoms with Gasteiger partial charge in [0.2, 0.25) is 0 Å². The van der Waals surface area contributed by atoms with E-state index in [2.05, 4.69) is 20.3 Å². The zero-order valence-corrected chi connectivity index (χ0v) is 13.2. The van der Waals surface area contributed by atoms with Gasteiger partial charge in [0.05, 0.1) is 12.2 Å². The Bertz CT molecular complexity index is 1030. The summed E-state index contributed by atoms with van der Waals surface area (Å²) in [6, 6.07) is 13.5. The van der Waals surface area contributed by atoms with E-state index < -0.39 is 5.82 Å². The summed E-state index contributed by atoms with van der Waals surface area (Å²) in [5.41, 5.74) is 2.65. The second kappa shape index (κ2) is 6.24. The molecule has 124 valence electrons. The molecule has 0 spiro atoms. The number of halogens is 1. The number of phenols is 1. The number of rotatable bonds is 4. The first-order chi connectivity index (χ1) is 12.2. The Morgan fingerprint density at radius 1 is 1.08 bits per heavy atom. The molecule has 6 heteroatoms. The van der Waals surface area contributed by atoms with Gasteiger partial charge in [-0.3, -0.25) is 4.98 Å². The Labute approximate surface area is 143 Å². The molecule has 0 aliphatic heterocycles. The Kier molecular flexibility index (Phi) is 3.78. The van der Waals surface area contributed by atoms with E-state index in [-0.39, 0.29) is 5.75 Å². The van der Waals surface area contributed by atoms with Crippen LogP contribution in [0, 0.1) is 5.82 Å². The average molecular weight is 334 g/mol. The molecular weight excluding hydrogens is 319 g/mol. The lowest BCUT2D eigenvalue weighted by Crippen LogP contribution is -2.03. The number of hydrogen-bond donors (Lipinski definition) is 3. The number of benzene rings is 1. The van der Waals surface area contributed by atoms with Crippen molar-refractivity contribution in [3.8, 4) is 16.9 Å². The molecule has 3 heterocycles. The van der Waals surface area contributed by atoms with Crippen molar-refractivity contribution in [2.45, 2.75) is 6.54 Å². The van der Waals surface area contributed by atoms with Crippen LogP contribution in [-0.2, 0) is 6.54 Å². The van der Waals surface area contributed by atoms with Crippen LogP contribution in [0.3, 0.4) is 0 Å². The molecule has 0 aliphatic rings. The smallest absolute Gasteiger partial charge is 0.140 e. The maximum Gasteiger partial charge on any atom is 0.140 e. The molecule has 25 heavy (non-hydrogen) atoms. The van der Waals surface area contributed by atoms with Crippen LogP contribution in [0.1, 0.15) is 5.69 Å². The molecule has 0 fully saturated rings. The van der Waals surface area contributed by atoms with Crippen LogP contribution in [0.4, 0.5) is 10.2 Å². The lowest BCUT2D eigenvalue weighted by atomic mass is 10.0. The molecule has 0 amide bonds. The second-order valence-electron chi connectivity index (χ2n) is 5.63. The van der Waals surface area contributed by atoms with Gasteiger partial charge in [-0.1, -0.05) is 6.07 Å². The maximum atomic E-state index is 14.3. The van der Waals surface area contributed by atoms with Gasteiger partial charge in [-0.2, -0.15) is 0 Å². The van der Waals surface area contributed by atoms with Crippen molar-refractivity contribution in [1.82, 2.24) is 15.0 Å². The maximum absolute atomic E-state index is 14.3. The van der Waals surface area contributed by atoms with Gasteiger partial charge in [0.25, 0.3) is 0 Å². The van der Waals surface area contributed by atoms with Gasteiger partial charge in [-0.15, -0.1) is 0 Å². The standard InChI is InChI=1S/C19H15FN4O/c20-17-9-13(25)4-5-14(17)16-10-18(24-19-15(16)6-8-22-19)23-11-12-3-1-2-7-21-12/h1-10,25H,11H2,(H2,22,23,24). The third-order valence-corrected chi connectivity index (χ3v) is 3.95. The van der Waals surface area contributed by atoms with E-state index in [4.69, 9.17) is 0 Å². The Hall–Kier alpha value is -3.41. The molecule has 4 rings (SSSR count). The van der Waals surface area contributed by atoms with E-state index in [1.165, 1.54) is 6.07 Å². The van der Waals surface area contributed by atoms with Crippen molar-refractivity contribution in [1.29, 1.82) is 0 Å². The largest absolute Gasteiger partial charge is 0.508 e. The fourth-order valence-corrected chi connectivity index (χ4v) is 2.76. The zero-order chi connectivity index (χ0) is 17.2. The summed E-state index contributed by atoms with van der Waals surface area (Å²) in [5, 5.41) is 13.5. The van der Waals surface area contributed by atoms with E-state index in [0.717, 1.165) is 17.1 Å². The lowest BCUT2D eigenvalue weighted by Gasteiger charge is -2.10. The van der Waals surface area contributed by atoms with Crippen LogP contribution in [0.5, 0.6) is 5.75 Å². The van der Waals surface area contributed by atoms with Gasteiger partial charge >= 0.3 is 0 Å². The number of H-pyrrole nitrogens is 1. The van der Waals surface area contributed by atoms with Crippen LogP contribution in [0.2, 0.25) is 0 Å². The molecule has 0 bridgehead atoms.